The normalized spacial score (nSPS) is 23.4. The SMILES string of the molecule is Cn1cc(CNC2CCC(n3nc4c(cc3=O)CCC4)CC2)cn1. The van der Waals surface area contributed by atoms with E-state index in [4.69, 9.17) is 0 Å². The van der Waals surface area contributed by atoms with Crippen molar-refractivity contribution in [3.8, 4) is 0 Å². The Bertz CT molecular complexity index is 770. The first-order chi connectivity index (χ1) is 11.7. The molecule has 2 aromatic heterocycles. The Morgan fingerprint density at radius 3 is 2.83 bits per heavy atom. The molecule has 6 heteroatoms. The molecule has 1 N–H and O–H groups in total. The van der Waals surface area contributed by atoms with Crippen molar-refractivity contribution < 1.29 is 0 Å². The number of aryl methyl sites for hydroxylation is 3. The van der Waals surface area contributed by atoms with Crippen molar-refractivity contribution >= 4 is 0 Å². The third-order valence-electron chi connectivity index (χ3n) is 5.38. The first kappa shape index (κ1) is 15.6. The van der Waals surface area contributed by atoms with Gasteiger partial charge in [0.25, 0.3) is 5.56 Å². The molecule has 2 aliphatic carbocycles. The lowest BCUT2D eigenvalue weighted by atomic mass is 9.91. The monoisotopic (exact) mass is 327 g/mol. The maximum Gasteiger partial charge on any atom is 0.267 e. The Morgan fingerprint density at radius 2 is 2.08 bits per heavy atom. The van der Waals surface area contributed by atoms with E-state index in [9.17, 15) is 4.79 Å². The quantitative estimate of drug-likeness (QED) is 0.929. The lowest BCUT2D eigenvalue weighted by Crippen LogP contribution is -2.36. The smallest absolute Gasteiger partial charge is 0.267 e. The number of fused-ring (bicyclic) bond motifs is 1. The zero-order valence-corrected chi connectivity index (χ0v) is 14.2. The fraction of sp³-hybridized carbons (Fsp3) is 0.611. The van der Waals surface area contributed by atoms with Crippen LogP contribution in [0.5, 0.6) is 0 Å². The minimum atomic E-state index is 0.0856. The summed E-state index contributed by atoms with van der Waals surface area (Å²) in [6.07, 6.45) is 11.4. The Kier molecular flexibility index (Phi) is 4.22. The minimum Gasteiger partial charge on any atom is -0.310 e. The van der Waals surface area contributed by atoms with E-state index in [1.807, 2.05) is 30.2 Å². The molecule has 0 amide bonds. The second-order valence-electron chi connectivity index (χ2n) is 7.16. The molecule has 2 aliphatic rings. The van der Waals surface area contributed by atoms with Gasteiger partial charge in [-0.3, -0.25) is 9.48 Å². The summed E-state index contributed by atoms with van der Waals surface area (Å²) in [4.78, 5) is 12.3. The van der Waals surface area contributed by atoms with Crippen LogP contribution >= 0.6 is 0 Å². The summed E-state index contributed by atoms with van der Waals surface area (Å²) in [6, 6.07) is 2.61. The van der Waals surface area contributed by atoms with Crippen LogP contribution < -0.4 is 10.9 Å². The molecule has 0 aromatic carbocycles. The van der Waals surface area contributed by atoms with Crippen LogP contribution in [0.3, 0.4) is 0 Å². The van der Waals surface area contributed by atoms with Gasteiger partial charge >= 0.3 is 0 Å². The largest absolute Gasteiger partial charge is 0.310 e. The van der Waals surface area contributed by atoms with Crippen molar-refractivity contribution in [2.24, 2.45) is 7.05 Å². The number of hydrogen-bond donors (Lipinski definition) is 1. The summed E-state index contributed by atoms with van der Waals surface area (Å²) < 4.78 is 3.60. The first-order valence-electron chi connectivity index (χ1n) is 9.01. The second kappa shape index (κ2) is 6.51. The molecule has 0 radical (unpaired) electrons. The summed E-state index contributed by atoms with van der Waals surface area (Å²) in [5.74, 6) is 0. The van der Waals surface area contributed by atoms with E-state index >= 15 is 0 Å². The lowest BCUT2D eigenvalue weighted by Gasteiger charge is -2.29. The Morgan fingerprint density at radius 1 is 1.25 bits per heavy atom. The summed E-state index contributed by atoms with van der Waals surface area (Å²) in [5.41, 5.74) is 3.62. The van der Waals surface area contributed by atoms with Gasteiger partial charge < -0.3 is 5.32 Å². The standard InChI is InChI=1S/C18H25N5O/c1-22-12-13(11-20-22)10-19-15-5-7-16(8-6-15)23-18(24)9-14-3-2-4-17(14)21-23/h9,11-12,15-16,19H,2-8,10H2,1H3. The highest BCUT2D eigenvalue weighted by atomic mass is 16.1. The summed E-state index contributed by atoms with van der Waals surface area (Å²) in [5, 5.41) is 12.5. The van der Waals surface area contributed by atoms with Gasteiger partial charge in [0.1, 0.15) is 0 Å². The molecular formula is C18H25N5O. The van der Waals surface area contributed by atoms with Crippen LogP contribution in [0.25, 0.3) is 0 Å². The second-order valence-corrected chi connectivity index (χ2v) is 7.16. The summed E-state index contributed by atoms with van der Waals surface area (Å²) >= 11 is 0. The fourth-order valence-corrected chi connectivity index (χ4v) is 4.03. The van der Waals surface area contributed by atoms with Crippen LogP contribution in [0, 0.1) is 0 Å². The van der Waals surface area contributed by atoms with Gasteiger partial charge in [0.2, 0.25) is 0 Å². The van der Waals surface area contributed by atoms with E-state index in [1.54, 1.807) is 4.68 Å². The van der Waals surface area contributed by atoms with E-state index in [0.29, 0.717) is 6.04 Å². The average molecular weight is 327 g/mol. The van der Waals surface area contributed by atoms with Crippen LogP contribution in [-0.2, 0) is 26.4 Å². The molecule has 2 heterocycles. The third-order valence-corrected chi connectivity index (χ3v) is 5.38. The number of nitrogens with zero attached hydrogens (tertiary/aromatic N) is 4. The predicted octanol–water partition coefficient (Wildman–Crippen LogP) is 1.74. The van der Waals surface area contributed by atoms with Gasteiger partial charge in [0, 0.05) is 37.5 Å². The minimum absolute atomic E-state index is 0.0856. The maximum absolute atomic E-state index is 12.3. The van der Waals surface area contributed by atoms with Crippen molar-refractivity contribution in [3.05, 3.63) is 45.6 Å². The molecule has 0 saturated heterocycles. The molecule has 128 valence electrons. The van der Waals surface area contributed by atoms with Crippen molar-refractivity contribution in [2.75, 3.05) is 0 Å². The van der Waals surface area contributed by atoms with Gasteiger partial charge in [-0.25, -0.2) is 4.68 Å². The predicted molar refractivity (Wildman–Crippen MR) is 91.9 cm³/mol. The molecule has 24 heavy (non-hydrogen) atoms. The molecule has 0 bridgehead atoms. The molecule has 0 spiro atoms. The van der Waals surface area contributed by atoms with Gasteiger partial charge in [0.05, 0.1) is 17.9 Å². The molecule has 1 fully saturated rings. The van der Waals surface area contributed by atoms with E-state index < -0.39 is 0 Å². The van der Waals surface area contributed by atoms with Crippen molar-refractivity contribution in [1.82, 2.24) is 24.9 Å². The van der Waals surface area contributed by atoms with Gasteiger partial charge in [-0.1, -0.05) is 0 Å². The third kappa shape index (κ3) is 3.15. The average Bonchev–Trinajstić information content (AvgIpc) is 3.21. The molecule has 0 aliphatic heterocycles. The van der Waals surface area contributed by atoms with Crippen molar-refractivity contribution in [2.45, 2.75) is 63.6 Å². The topological polar surface area (TPSA) is 64.7 Å². The number of hydrogen-bond acceptors (Lipinski definition) is 4. The van der Waals surface area contributed by atoms with Crippen LogP contribution in [0.1, 0.15) is 55.0 Å². The number of nitrogens with one attached hydrogen (secondary N) is 1. The molecule has 4 rings (SSSR count). The Balaban J connectivity index is 1.35. The number of rotatable bonds is 4. The van der Waals surface area contributed by atoms with E-state index in [1.165, 1.54) is 11.1 Å². The zero-order valence-electron chi connectivity index (χ0n) is 14.2. The van der Waals surface area contributed by atoms with Crippen molar-refractivity contribution in [3.63, 3.8) is 0 Å². The van der Waals surface area contributed by atoms with E-state index in [2.05, 4.69) is 15.5 Å². The Labute approximate surface area is 141 Å². The Hall–Kier alpha value is -1.95. The maximum atomic E-state index is 12.3. The highest BCUT2D eigenvalue weighted by molar-refractivity contribution is 5.22. The van der Waals surface area contributed by atoms with Crippen molar-refractivity contribution in [1.29, 1.82) is 0 Å². The highest BCUT2D eigenvalue weighted by Crippen LogP contribution is 2.28. The van der Waals surface area contributed by atoms with Crippen LogP contribution in [0.15, 0.2) is 23.3 Å². The molecule has 1 saturated carbocycles. The number of aromatic nitrogens is 4. The van der Waals surface area contributed by atoms with Crippen LogP contribution in [0.2, 0.25) is 0 Å². The van der Waals surface area contributed by atoms with E-state index in [0.717, 1.165) is 57.2 Å². The van der Waals surface area contributed by atoms with Gasteiger partial charge in [-0.05, 0) is 50.5 Å². The molecule has 0 atom stereocenters. The van der Waals surface area contributed by atoms with Crippen LogP contribution in [-0.4, -0.2) is 25.6 Å². The first-order valence-corrected chi connectivity index (χ1v) is 9.01. The fourth-order valence-electron chi connectivity index (χ4n) is 4.03. The lowest BCUT2D eigenvalue weighted by molar-refractivity contribution is 0.267. The highest BCUT2D eigenvalue weighted by Gasteiger charge is 2.25. The van der Waals surface area contributed by atoms with Gasteiger partial charge in [-0.2, -0.15) is 10.2 Å². The van der Waals surface area contributed by atoms with Gasteiger partial charge in [0.15, 0.2) is 0 Å². The van der Waals surface area contributed by atoms with Gasteiger partial charge in [-0.15, -0.1) is 0 Å². The molecule has 6 nitrogen and oxygen atoms in total. The molecule has 2 aromatic rings. The summed E-state index contributed by atoms with van der Waals surface area (Å²) in [7, 11) is 1.94. The van der Waals surface area contributed by atoms with Crippen LogP contribution in [0.4, 0.5) is 0 Å². The molecule has 0 unspecified atom stereocenters. The molecular weight excluding hydrogens is 302 g/mol. The summed E-state index contributed by atoms with van der Waals surface area (Å²) in [6.45, 7) is 0.861. The van der Waals surface area contributed by atoms with E-state index in [-0.39, 0.29) is 11.6 Å². The zero-order chi connectivity index (χ0) is 16.5.